The zero-order valence-electron chi connectivity index (χ0n) is 12.6. The summed E-state index contributed by atoms with van der Waals surface area (Å²) < 4.78 is 0. The summed E-state index contributed by atoms with van der Waals surface area (Å²) >= 11 is 5.91. The highest BCUT2D eigenvalue weighted by Gasteiger charge is 2.29. The first kappa shape index (κ1) is 17.5. The van der Waals surface area contributed by atoms with Crippen LogP contribution in [0.25, 0.3) is 0 Å². The van der Waals surface area contributed by atoms with Gasteiger partial charge in [0.05, 0.1) is 0 Å². The fourth-order valence-electron chi connectivity index (χ4n) is 3.27. The van der Waals surface area contributed by atoms with Crippen LogP contribution in [-0.4, -0.2) is 42.5 Å². The monoisotopic (exact) mass is 343 g/mol. The Balaban J connectivity index is 0.00000176. The second-order valence-corrected chi connectivity index (χ2v) is 6.47. The Morgan fingerprint density at radius 3 is 2.95 bits per heavy atom. The van der Waals surface area contributed by atoms with Gasteiger partial charge >= 0.3 is 0 Å². The van der Waals surface area contributed by atoms with Gasteiger partial charge in [-0.15, -0.1) is 12.4 Å². The minimum Gasteiger partial charge on any atom is -0.326 e. The Hall–Kier alpha value is -0.810. The number of likely N-dealkylation sites (tertiary alicyclic amines) is 1. The van der Waals surface area contributed by atoms with Gasteiger partial charge < -0.3 is 15.5 Å². The van der Waals surface area contributed by atoms with E-state index in [9.17, 15) is 4.79 Å². The number of nitrogens with zero attached hydrogens (tertiary/aromatic N) is 1. The molecule has 2 bridgehead atoms. The van der Waals surface area contributed by atoms with Crippen molar-refractivity contribution >= 4 is 35.6 Å². The minimum absolute atomic E-state index is 0. The zero-order valence-corrected chi connectivity index (χ0v) is 14.1. The molecule has 4 nitrogen and oxygen atoms in total. The van der Waals surface area contributed by atoms with E-state index in [2.05, 4.69) is 15.5 Å². The van der Waals surface area contributed by atoms with E-state index < -0.39 is 0 Å². The second-order valence-electron chi connectivity index (χ2n) is 6.04. The molecule has 2 heterocycles. The van der Waals surface area contributed by atoms with Crippen molar-refractivity contribution in [2.75, 3.05) is 25.0 Å². The Labute approximate surface area is 143 Å². The molecule has 3 rings (SSSR count). The predicted octanol–water partition coefficient (Wildman–Crippen LogP) is 2.92. The van der Waals surface area contributed by atoms with E-state index in [1.807, 2.05) is 12.1 Å². The van der Waals surface area contributed by atoms with Crippen molar-refractivity contribution in [2.24, 2.45) is 0 Å². The van der Waals surface area contributed by atoms with Gasteiger partial charge in [-0.05, 0) is 44.0 Å². The summed E-state index contributed by atoms with van der Waals surface area (Å²) in [5.41, 5.74) is 0.768. The van der Waals surface area contributed by atoms with Crippen LogP contribution in [0.5, 0.6) is 0 Å². The average Bonchev–Trinajstić information content (AvgIpc) is 2.77. The van der Waals surface area contributed by atoms with E-state index >= 15 is 0 Å². The highest BCUT2D eigenvalue weighted by atomic mass is 35.5. The molecule has 2 saturated heterocycles. The number of benzene rings is 1. The third-order valence-corrected chi connectivity index (χ3v) is 4.61. The molecule has 0 aromatic heterocycles. The Kier molecular flexibility index (Phi) is 6.50. The third kappa shape index (κ3) is 4.85. The number of halogens is 2. The fraction of sp³-hybridized carbons (Fsp3) is 0.562. The van der Waals surface area contributed by atoms with Gasteiger partial charge in [-0.2, -0.15) is 0 Å². The fourth-order valence-corrected chi connectivity index (χ4v) is 3.46. The molecule has 22 heavy (non-hydrogen) atoms. The molecule has 6 heteroatoms. The number of carbonyl (C=O) groups is 1. The van der Waals surface area contributed by atoms with E-state index in [-0.39, 0.29) is 18.3 Å². The van der Waals surface area contributed by atoms with Crippen LogP contribution in [0.1, 0.15) is 25.7 Å². The molecule has 0 spiro atoms. The zero-order chi connectivity index (χ0) is 14.7. The number of anilines is 1. The van der Waals surface area contributed by atoms with Crippen LogP contribution in [0.4, 0.5) is 5.69 Å². The molecular weight excluding hydrogens is 321 g/mol. The standard InChI is InChI=1S/C16H22ClN3O.ClH/c17-12-2-1-3-14(10-12)19-16(21)7-9-20-8-6-13-4-5-15(11-20)18-13;/h1-3,10,13,15,18H,4-9,11H2,(H,19,21);1H. The first-order chi connectivity index (χ1) is 10.2. The molecule has 0 aliphatic carbocycles. The molecule has 0 radical (unpaired) electrons. The lowest BCUT2D eigenvalue weighted by Gasteiger charge is -2.23. The molecule has 2 fully saturated rings. The second kappa shape index (κ2) is 8.16. The van der Waals surface area contributed by atoms with Gasteiger partial charge in [-0.1, -0.05) is 17.7 Å². The van der Waals surface area contributed by atoms with Crippen LogP contribution in [-0.2, 0) is 4.79 Å². The summed E-state index contributed by atoms with van der Waals surface area (Å²) in [6, 6.07) is 8.59. The number of nitrogens with one attached hydrogen (secondary N) is 2. The van der Waals surface area contributed by atoms with Gasteiger partial charge in [-0.3, -0.25) is 4.79 Å². The van der Waals surface area contributed by atoms with Crippen LogP contribution in [0.2, 0.25) is 5.02 Å². The Morgan fingerprint density at radius 1 is 1.32 bits per heavy atom. The highest BCUT2D eigenvalue weighted by Crippen LogP contribution is 2.20. The van der Waals surface area contributed by atoms with E-state index in [1.54, 1.807) is 12.1 Å². The van der Waals surface area contributed by atoms with Gasteiger partial charge in [-0.25, -0.2) is 0 Å². The summed E-state index contributed by atoms with van der Waals surface area (Å²) in [6.45, 7) is 3.00. The van der Waals surface area contributed by atoms with Crippen molar-refractivity contribution in [1.29, 1.82) is 0 Å². The topological polar surface area (TPSA) is 44.4 Å². The maximum absolute atomic E-state index is 12.0. The highest BCUT2D eigenvalue weighted by molar-refractivity contribution is 6.30. The number of rotatable bonds is 4. The molecule has 2 atom stereocenters. The maximum Gasteiger partial charge on any atom is 0.225 e. The van der Waals surface area contributed by atoms with E-state index in [1.165, 1.54) is 19.3 Å². The average molecular weight is 344 g/mol. The van der Waals surface area contributed by atoms with Gasteiger partial charge in [0, 0.05) is 42.3 Å². The van der Waals surface area contributed by atoms with Crippen molar-refractivity contribution in [2.45, 2.75) is 37.8 Å². The molecule has 1 amide bonds. The van der Waals surface area contributed by atoms with E-state index in [0.717, 1.165) is 25.3 Å². The van der Waals surface area contributed by atoms with Crippen molar-refractivity contribution in [3.63, 3.8) is 0 Å². The predicted molar refractivity (Wildman–Crippen MR) is 92.9 cm³/mol. The van der Waals surface area contributed by atoms with Gasteiger partial charge in [0.15, 0.2) is 0 Å². The van der Waals surface area contributed by atoms with Crippen molar-refractivity contribution < 1.29 is 4.79 Å². The van der Waals surface area contributed by atoms with E-state index in [4.69, 9.17) is 11.6 Å². The number of hydrogen-bond acceptors (Lipinski definition) is 3. The molecule has 0 saturated carbocycles. The smallest absolute Gasteiger partial charge is 0.225 e. The van der Waals surface area contributed by atoms with Crippen LogP contribution >= 0.6 is 24.0 Å². The van der Waals surface area contributed by atoms with Crippen LogP contribution in [0.15, 0.2) is 24.3 Å². The molecule has 122 valence electrons. The lowest BCUT2D eigenvalue weighted by molar-refractivity contribution is -0.116. The summed E-state index contributed by atoms with van der Waals surface area (Å²) in [5, 5.41) is 7.21. The molecule has 2 N–H and O–H groups in total. The van der Waals surface area contributed by atoms with Crippen LogP contribution < -0.4 is 10.6 Å². The third-order valence-electron chi connectivity index (χ3n) is 4.37. The quantitative estimate of drug-likeness (QED) is 0.883. The van der Waals surface area contributed by atoms with Crippen LogP contribution in [0.3, 0.4) is 0 Å². The summed E-state index contributed by atoms with van der Waals surface area (Å²) in [5.74, 6) is 0.0552. The Bertz CT molecular complexity index is 512. The van der Waals surface area contributed by atoms with Crippen molar-refractivity contribution in [3.8, 4) is 0 Å². The molecule has 2 aliphatic heterocycles. The van der Waals surface area contributed by atoms with Crippen LogP contribution in [0, 0.1) is 0 Å². The number of amides is 1. The molecule has 1 aromatic carbocycles. The Morgan fingerprint density at radius 2 is 2.14 bits per heavy atom. The van der Waals surface area contributed by atoms with Crippen molar-refractivity contribution in [1.82, 2.24) is 10.2 Å². The summed E-state index contributed by atoms with van der Waals surface area (Å²) in [7, 11) is 0. The number of hydrogen-bond donors (Lipinski definition) is 2. The normalized spacial score (nSPS) is 24.4. The first-order valence-electron chi connectivity index (χ1n) is 7.73. The van der Waals surface area contributed by atoms with Gasteiger partial charge in [0.2, 0.25) is 5.91 Å². The number of fused-ring (bicyclic) bond motifs is 2. The van der Waals surface area contributed by atoms with Gasteiger partial charge in [0.1, 0.15) is 0 Å². The van der Waals surface area contributed by atoms with Gasteiger partial charge in [0.25, 0.3) is 0 Å². The lowest BCUT2D eigenvalue weighted by Crippen LogP contribution is -2.36. The largest absolute Gasteiger partial charge is 0.326 e. The minimum atomic E-state index is 0. The lowest BCUT2D eigenvalue weighted by atomic mass is 10.1. The summed E-state index contributed by atoms with van der Waals surface area (Å²) in [6.07, 6.45) is 4.32. The maximum atomic E-state index is 12.0. The summed E-state index contributed by atoms with van der Waals surface area (Å²) in [4.78, 5) is 14.4. The molecule has 2 unspecified atom stereocenters. The SMILES string of the molecule is Cl.O=C(CCN1CCC2CCC(C1)N2)Nc1cccc(Cl)c1. The molecule has 1 aromatic rings. The van der Waals surface area contributed by atoms with Crippen molar-refractivity contribution in [3.05, 3.63) is 29.3 Å². The number of carbonyl (C=O) groups excluding carboxylic acids is 1. The molecular formula is C16H23Cl2N3O. The van der Waals surface area contributed by atoms with E-state index in [0.29, 0.717) is 23.5 Å². The first-order valence-corrected chi connectivity index (χ1v) is 8.11. The molecule has 2 aliphatic rings.